The van der Waals surface area contributed by atoms with Crippen LogP contribution >= 0.6 is 0 Å². The van der Waals surface area contributed by atoms with E-state index in [4.69, 9.17) is 47.3 Å². The van der Waals surface area contributed by atoms with Crippen LogP contribution in [0.25, 0.3) is 33.8 Å². The Labute approximate surface area is 610 Å². The number of ether oxygens (including phenoxy) is 3. The zero-order chi connectivity index (χ0) is 73.6. The van der Waals surface area contributed by atoms with Crippen LogP contribution in [0.3, 0.4) is 0 Å². The number of morpholine rings is 1. The van der Waals surface area contributed by atoms with E-state index in [0.717, 1.165) is 112 Å². The lowest BCUT2D eigenvalue weighted by Gasteiger charge is -2.45. The monoisotopic (exact) mass is 1420 g/mol. The molecule has 14 rings (SSSR count). The summed E-state index contributed by atoms with van der Waals surface area (Å²) in [5.41, 5.74) is 28.7. The van der Waals surface area contributed by atoms with Gasteiger partial charge in [0.25, 0.3) is 35.4 Å². The van der Waals surface area contributed by atoms with Crippen molar-refractivity contribution < 1.29 is 47.8 Å². The Morgan fingerprint density at radius 3 is 1.57 bits per heavy atom. The third-order valence-corrected chi connectivity index (χ3v) is 20.0. The number of hydrogen-bond donors (Lipinski definition) is 4. The second-order valence-electron chi connectivity index (χ2n) is 27.1. The molecule has 25 nitrogen and oxygen atoms in total. The number of carbonyl (C=O) groups is 7. The number of nitrogens with two attached hydrogens (primary N) is 4. The molecule has 0 bridgehead atoms. The fourth-order valence-corrected chi connectivity index (χ4v) is 14.4. The molecule has 0 unspecified atom stereocenters. The number of anilines is 1. The SMILES string of the molecule is C=CC(=O)N1CCC[C@@H](n2cc(C(N)=O)c(-c3ccc(C(=O)N4CCCCC4)cc3)n2)C1.CC#CC(=O)N1CCC2(CC(n3nc(-c4ccc(Oc5ccccc5)cc4)c(C(N)=O)c3N)C2)C1.NC(=O)c1cn([C@@H]2CCCN(C(=O)C#CCN3CCOCC3)C2)nc1-c1ccc(Oc2ccccc2)cc1. The normalized spacial score (nSPS) is 19.2. The number of hydrogen-bond acceptors (Lipinski definition) is 15. The van der Waals surface area contributed by atoms with Gasteiger partial charge in [0.05, 0.1) is 49.0 Å². The average molecular weight is 1420 g/mol. The van der Waals surface area contributed by atoms with Crippen molar-refractivity contribution in [1.29, 1.82) is 0 Å². The maximum atomic E-state index is 12.8. The van der Waals surface area contributed by atoms with Crippen molar-refractivity contribution in [3.8, 4) is 80.5 Å². The fourth-order valence-electron chi connectivity index (χ4n) is 14.4. The minimum absolute atomic E-state index is 0.0334. The van der Waals surface area contributed by atoms with Gasteiger partial charge in [-0.1, -0.05) is 67.0 Å². The minimum atomic E-state index is -0.613. The summed E-state index contributed by atoms with van der Waals surface area (Å²) in [5, 5.41) is 14.1. The summed E-state index contributed by atoms with van der Waals surface area (Å²) in [7, 11) is 0. The highest BCUT2D eigenvalue weighted by Crippen LogP contribution is 2.55. The van der Waals surface area contributed by atoms with Gasteiger partial charge in [-0.3, -0.25) is 47.8 Å². The van der Waals surface area contributed by atoms with Gasteiger partial charge in [-0.2, -0.15) is 15.3 Å². The van der Waals surface area contributed by atoms with E-state index in [9.17, 15) is 33.6 Å². The standard InChI is InChI=1S/C29H31N5O4.C27H27N5O3.C24H29N5O3/c30-29(36)26-21-34(31-28(26)22-10-12-25(13-11-22)38-24-7-2-1-3-8-24)23-6-4-15-33(20-23)27(35)9-5-14-32-16-18-37-19-17-32;1-2-6-22(33)31-14-13-27(17-31)15-19(16-27)32-25(28)23(26(29)34)24(30-32)18-9-11-21(12-10-18)35-20-7-4-3-5-8-20;1-2-21(30)28-14-6-7-19(15-28)29-16-20(23(25)31)22(26-29)17-8-10-18(11-9-17)24(32)27-12-4-3-5-13-27/h1-3,7-8,10-13,21,23H,4,6,14-20H2,(H2,30,36);3-5,7-12,19H,13-17,28H2,1H3,(H2,29,34);2,8-11,16,19H,1,3-7,12-15H2,(H2,25,31)/t23-;;19-/m1.1/s1. The number of benzene rings is 5. The summed E-state index contributed by atoms with van der Waals surface area (Å²) >= 11 is 0. The van der Waals surface area contributed by atoms with Crippen LogP contribution in [0.1, 0.15) is 131 Å². The summed E-state index contributed by atoms with van der Waals surface area (Å²) in [6.45, 7) is 14.2. The minimum Gasteiger partial charge on any atom is -0.457 e. The Hall–Kier alpha value is -11.8. The zero-order valence-corrected chi connectivity index (χ0v) is 58.9. The highest BCUT2D eigenvalue weighted by Gasteiger charge is 2.51. The topological polar surface area (TPSA) is 321 Å². The van der Waals surface area contributed by atoms with Gasteiger partial charge in [-0.25, -0.2) is 4.68 Å². The largest absolute Gasteiger partial charge is 0.457 e. The van der Waals surface area contributed by atoms with Crippen LogP contribution < -0.4 is 32.4 Å². The number of carbonyl (C=O) groups excluding carboxylic acids is 7. The van der Waals surface area contributed by atoms with Crippen LogP contribution in [0.15, 0.2) is 159 Å². The molecule has 5 saturated heterocycles. The molecule has 8 N–H and O–H groups in total. The van der Waals surface area contributed by atoms with Crippen LogP contribution in [0.4, 0.5) is 5.82 Å². The van der Waals surface area contributed by atoms with Gasteiger partial charge in [-0.05, 0) is 179 Å². The first-order valence-corrected chi connectivity index (χ1v) is 35.7. The Balaban J connectivity index is 0.000000148. The quantitative estimate of drug-likeness (QED) is 0.0517. The lowest BCUT2D eigenvalue weighted by atomic mass is 9.65. The molecule has 25 heteroatoms. The van der Waals surface area contributed by atoms with Crippen LogP contribution in [0.5, 0.6) is 23.0 Å². The van der Waals surface area contributed by atoms with Gasteiger partial charge >= 0.3 is 0 Å². The van der Waals surface area contributed by atoms with Crippen LogP contribution in [-0.2, 0) is 19.1 Å². The molecule has 6 aliphatic rings. The van der Waals surface area contributed by atoms with Gasteiger partial charge in [-0.15, -0.1) is 0 Å². The molecular weight excluding hydrogens is 1330 g/mol. The van der Waals surface area contributed by atoms with E-state index < -0.39 is 17.7 Å². The molecule has 5 aliphatic heterocycles. The summed E-state index contributed by atoms with van der Waals surface area (Å²) in [6.07, 6.45) is 13.9. The molecule has 7 amide bonds. The number of rotatable bonds is 16. The van der Waals surface area contributed by atoms with Crippen molar-refractivity contribution in [2.45, 2.75) is 89.3 Å². The molecule has 1 aliphatic carbocycles. The molecule has 8 aromatic rings. The second kappa shape index (κ2) is 33.5. The third kappa shape index (κ3) is 17.6. The number of amides is 7. The van der Waals surface area contributed by atoms with E-state index in [1.807, 2.05) is 131 Å². The fraction of sp³-hybridized carbons (Fsp3) is 0.350. The zero-order valence-electron chi connectivity index (χ0n) is 58.9. The molecule has 0 radical (unpaired) electrons. The molecule has 1 spiro atoms. The van der Waals surface area contributed by atoms with Crippen molar-refractivity contribution >= 4 is 47.2 Å². The average Bonchev–Trinajstić information content (AvgIpc) is 1.61. The number of likely N-dealkylation sites (tertiary alicyclic amines) is 4. The van der Waals surface area contributed by atoms with Gasteiger partial charge < -0.3 is 56.7 Å². The van der Waals surface area contributed by atoms with Crippen molar-refractivity contribution in [1.82, 2.24) is 53.8 Å². The number of primary amides is 3. The number of nitrogen functional groups attached to an aromatic ring is 1. The maximum Gasteiger partial charge on any atom is 0.298 e. The van der Waals surface area contributed by atoms with Gasteiger partial charge in [0.2, 0.25) is 5.91 Å². The molecule has 3 aromatic heterocycles. The van der Waals surface area contributed by atoms with Crippen LogP contribution in [0.2, 0.25) is 0 Å². The van der Waals surface area contributed by atoms with Gasteiger partial charge in [0.15, 0.2) is 0 Å². The van der Waals surface area contributed by atoms with E-state index in [2.05, 4.69) is 40.3 Å². The lowest BCUT2D eigenvalue weighted by molar-refractivity contribution is -0.128. The first-order valence-electron chi connectivity index (χ1n) is 35.7. The van der Waals surface area contributed by atoms with Crippen molar-refractivity contribution in [2.75, 3.05) is 90.9 Å². The van der Waals surface area contributed by atoms with Crippen molar-refractivity contribution in [3.05, 3.63) is 181 Å². The van der Waals surface area contributed by atoms with E-state index in [-0.39, 0.29) is 58.6 Å². The molecule has 542 valence electrons. The first kappa shape index (κ1) is 73.0. The lowest BCUT2D eigenvalue weighted by Crippen LogP contribution is -2.42. The molecule has 5 aromatic carbocycles. The molecule has 1 saturated carbocycles. The summed E-state index contributed by atoms with van der Waals surface area (Å²) in [6, 6.07) is 40.9. The third-order valence-electron chi connectivity index (χ3n) is 20.0. The predicted molar refractivity (Wildman–Crippen MR) is 396 cm³/mol. The second-order valence-corrected chi connectivity index (χ2v) is 27.1. The molecule has 105 heavy (non-hydrogen) atoms. The summed E-state index contributed by atoms with van der Waals surface area (Å²) in [5.74, 6) is 12.1. The number of nitrogens with zero attached hydrogens (tertiary/aromatic N) is 11. The van der Waals surface area contributed by atoms with E-state index in [1.165, 1.54) is 12.5 Å². The van der Waals surface area contributed by atoms with Gasteiger partial charge in [0.1, 0.15) is 51.5 Å². The van der Waals surface area contributed by atoms with E-state index in [1.54, 1.807) is 55.3 Å². The Morgan fingerprint density at radius 2 is 1.05 bits per heavy atom. The molecule has 6 fully saturated rings. The summed E-state index contributed by atoms with van der Waals surface area (Å²) < 4.78 is 22.3. The Kier molecular flexibility index (Phi) is 23.3. The molecular formula is C80H87N15O10. The number of aromatic nitrogens is 6. The maximum absolute atomic E-state index is 12.8. The first-order chi connectivity index (χ1) is 50.9. The number of para-hydroxylation sites is 2. The molecule has 8 heterocycles. The smallest absolute Gasteiger partial charge is 0.298 e. The number of piperidine rings is 3. The van der Waals surface area contributed by atoms with Crippen molar-refractivity contribution in [2.24, 2.45) is 22.6 Å². The Morgan fingerprint density at radius 1 is 0.552 bits per heavy atom. The Bertz CT molecular complexity index is 4590. The van der Waals surface area contributed by atoms with Crippen LogP contribution in [0, 0.1) is 29.1 Å². The van der Waals surface area contributed by atoms with Crippen LogP contribution in [-0.4, -0.2) is 180 Å². The highest BCUT2D eigenvalue weighted by atomic mass is 16.5. The molecule has 2 atom stereocenters. The van der Waals surface area contributed by atoms with E-state index in [0.29, 0.717) is 104 Å². The van der Waals surface area contributed by atoms with Crippen molar-refractivity contribution in [3.63, 3.8) is 0 Å². The van der Waals surface area contributed by atoms with E-state index >= 15 is 0 Å². The van der Waals surface area contributed by atoms with Gasteiger partial charge in [0, 0.05) is 100 Å². The summed E-state index contributed by atoms with van der Waals surface area (Å²) in [4.78, 5) is 95.8. The highest BCUT2D eigenvalue weighted by molar-refractivity contribution is 6.04. The predicted octanol–water partition coefficient (Wildman–Crippen LogP) is 9.17.